The maximum atomic E-state index is 12.6. The SMILES string of the molecule is O=C(Nc1cccc(Cl)c1)N1CCCC1C(O)C(F)(F)F. The highest BCUT2D eigenvalue weighted by Gasteiger charge is 2.48. The molecule has 21 heavy (non-hydrogen) atoms. The van der Waals surface area contributed by atoms with Crippen LogP contribution in [0.25, 0.3) is 0 Å². The average molecular weight is 323 g/mol. The molecule has 4 nitrogen and oxygen atoms in total. The first kappa shape index (κ1) is 15.9. The summed E-state index contributed by atoms with van der Waals surface area (Å²) in [6, 6.07) is 4.36. The predicted molar refractivity (Wildman–Crippen MR) is 72.3 cm³/mol. The Morgan fingerprint density at radius 1 is 1.48 bits per heavy atom. The second-order valence-electron chi connectivity index (χ2n) is 4.83. The molecule has 1 aromatic carbocycles. The summed E-state index contributed by atoms with van der Waals surface area (Å²) in [6.07, 6.45) is -6.75. The number of carbonyl (C=O) groups excluding carboxylic acids is 1. The molecular formula is C13H14ClF3N2O2. The van der Waals surface area contributed by atoms with Gasteiger partial charge >= 0.3 is 12.2 Å². The number of hydrogen-bond acceptors (Lipinski definition) is 2. The zero-order valence-corrected chi connectivity index (χ0v) is 11.7. The number of anilines is 1. The van der Waals surface area contributed by atoms with Crippen LogP contribution >= 0.6 is 11.6 Å². The molecule has 2 rings (SSSR count). The molecule has 0 radical (unpaired) electrons. The van der Waals surface area contributed by atoms with Crippen LogP contribution in [0.5, 0.6) is 0 Å². The zero-order valence-electron chi connectivity index (χ0n) is 10.9. The molecule has 2 atom stereocenters. The van der Waals surface area contributed by atoms with Crippen molar-refractivity contribution in [2.75, 3.05) is 11.9 Å². The van der Waals surface area contributed by atoms with Gasteiger partial charge in [0.05, 0.1) is 6.04 Å². The summed E-state index contributed by atoms with van der Waals surface area (Å²) in [4.78, 5) is 13.1. The van der Waals surface area contributed by atoms with Crippen LogP contribution in [0.2, 0.25) is 5.02 Å². The Bertz CT molecular complexity index is 524. The summed E-state index contributed by atoms with van der Waals surface area (Å²) in [5, 5.41) is 12.2. The van der Waals surface area contributed by atoms with E-state index in [2.05, 4.69) is 5.32 Å². The first-order chi connectivity index (χ1) is 9.79. The lowest BCUT2D eigenvalue weighted by atomic mass is 10.1. The van der Waals surface area contributed by atoms with E-state index in [0.29, 0.717) is 17.1 Å². The van der Waals surface area contributed by atoms with Crippen molar-refractivity contribution in [1.29, 1.82) is 0 Å². The van der Waals surface area contributed by atoms with Crippen LogP contribution in [0.15, 0.2) is 24.3 Å². The topological polar surface area (TPSA) is 52.6 Å². The van der Waals surface area contributed by atoms with Gasteiger partial charge in [-0.3, -0.25) is 0 Å². The molecule has 1 aliphatic rings. The molecule has 1 aromatic rings. The number of hydrogen-bond donors (Lipinski definition) is 2. The number of aliphatic hydroxyl groups is 1. The largest absolute Gasteiger partial charge is 0.416 e. The smallest absolute Gasteiger partial charge is 0.382 e. The molecule has 0 saturated carbocycles. The van der Waals surface area contributed by atoms with Crippen molar-refractivity contribution >= 4 is 23.3 Å². The van der Waals surface area contributed by atoms with Crippen LogP contribution in [-0.4, -0.2) is 40.9 Å². The van der Waals surface area contributed by atoms with E-state index in [1.807, 2.05) is 0 Å². The Balaban J connectivity index is 2.07. The van der Waals surface area contributed by atoms with Crippen LogP contribution in [0.3, 0.4) is 0 Å². The third kappa shape index (κ3) is 3.79. The monoisotopic (exact) mass is 322 g/mol. The molecule has 1 heterocycles. The molecular weight excluding hydrogens is 309 g/mol. The molecule has 1 aliphatic heterocycles. The van der Waals surface area contributed by atoms with Crippen LogP contribution < -0.4 is 5.32 Å². The first-order valence-electron chi connectivity index (χ1n) is 6.37. The molecule has 2 N–H and O–H groups in total. The van der Waals surface area contributed by atoms with Gasteiger partial charge in [0.2, 0.25) is 0 Å². The second kappa shape index (κ2) is 6.11. The predicted octanol–water partition coefficient (Wildman–Crippen LogP) is 3.26. The highest BCUT2D eigenvalue weighted by atomic mass is 35.5. The number of likely N-dealkylation sites (tertiary alicyclic amines) is 1. The zero-order chi connectivity index (χ0) is 15.6. The van der Waals surface area contributed by atoms with Gasteiger partial charge in [-0.05, 0) is 31.0 Å². The molecule has 0 aromatic heterocycles. The summed E-state index contributed by atoms with van der Waals surface area (Å²) in [6.45, 7) is 0.171. The van der Waals surface area contributed by atoms with Gasteiger partial charge in [-0.15, -0.1) is 0 Å². The van der Waals surface area contributed by atoms with Gasteiger partial charge in [0.25, 0.3) is 0 Å². The first-order valence-corrected chi connectivity index (χ1v) is 6.75. The Hall–Kier alpha value is -1.47. The number of nitrogens with one attached hydrogen (secondary N) is 1. The normalized spacial score (nSPS) is 20.4. The second-order valence-corrected chi connectivity index (χ2v) is 5.27. The number of halogens is 4. The lowest BCUT2D eigenvalue weighted by molar-refractivity contribution is -0.216. The fraction of sp³-hybridized carbons (Fsp3) is 0.462. The van der Waals surface area contributed by atoms with Crippen LogP contribution in [0.1, 0.15) is 12.8 Å². The maximum Gasteiger partial charge on any atom is 0.416 e. The lowest BCUT2D eigenvalue weighted by Crippen LogP contribution is -2.50. The van der Waals surface area contributed by atoms with Gasteiger partial charge in [0, 0.05) is 17.3 Å². The lowest BCUT2D eigenvalue weighted by Gasteiger charge is -2.29. The standard InChI is InChI=1S/C13H14ClF3N2O2/c14-8-3-1-4-9(7-8)18-12(21)19-6-2-5-10(19)11(20)13(15,16)17/h1,3-4,7,10-11,20H,2,5-6H2,(H,18,21). The third-order valence-electron chi connectivity index (χ3n) is 3.34. The van der Waals surface area contributed by atoms with E-state index in [4.69, 9.17) is 11.6 Å². The highest BCUT2D eigenvalue weighted by molar-refractivity contribution is 6.30. The molecule has 2 unspecified atom stereocenters. The summed E-state index contributed by atoms with van der Waals surface area (Å²) in [7, 11) is 0. The van der Waals surface area contributed by atoms with Crippen molar-refractivity contribution in [2.45, 2.75) is 31.2 Å². The van der Waals surface area contributed by atoms with Crippen molar-refractivity contribution < 1.29 is 23.1 Å². The number of benzene rings is 1. The summed E-state index contributed by atoms with van der Waals surface area (Å²) < 4.78 is 37.8. The van der Waals surface area contributed by atoms with E-state index in [-0.39, 0.29) is 13.0 Å². The van der Waals surface area contributed by atoms with Gasteiger partial charge in [0.15, 0.2) is 6.10 Å². The average Bonchev–Trinajstić information content (AvgIpc) is 2.85. The van der Waals surface area contributed by atoms with E-state index in [1.165, 1.54) is 6.07 Å². The number of carbonyl (C=O) groups is 1. The van der Waals surface area contributed by atoms with Crippen molar-refractivity contribution in [3.8, 4) is 0 Å². The molecule has 0 aliphatic carbocycles. The molecule has 8 heteroatoms. The number of aliphatic hydroxyl groups excluding tert-OH is 1. The third-order valence-corrected chi connectivity index (χ3v) is 3.57. The number of alkyl halides is 3. The van der Waals surface area contributed by atoms with Crippen molar-refractivity contribution in [1.82, 2.24) is 4.90 Å². The summed E-state index contributed by atoms with van der Waals surface area (Å²) >= 11 is 5.77. The molecule has 1 fully saturated rings. The number of amides is 2. The minimum atomic E-state index is -4.75. The van der Waals surface area contributed by atoms with Crippen molar-refractivity contribution in [3.63, 3.8) is 0 Å². The van der Waals surface area contributed by atoms with E-state index in [0.717, 1.165) is 4.90 Å². The fourth-order valence-electron chi connectivity index (χ4n) is 2.35. The molecule has 0 bridgehead atoms. The van der Waals surface area contributed by atoms with Crippen LogP contribution in [-0.2, 0) is 0 Å². The summed E-state index contributed by atoms with van der Waals surface area (Å²) in [5.74, 6) is 0. The quantitative estimate of drug-likeness (QED) is 0.878. The molecule has 2 amide bonds. The van der Waals surface area contributed by atoms with Gasteiger partial charge in [0.1, 0.15) is 0 Å². The minimum absolute atomic E-state index is 0.115. The van der Waals surface area contributed by atoms with Crippen LogP contribution in [0.4, 0.5) is 23.7 Å². The van der Waals surface area contributed by atoms with E-state index >= 15 is 0 Å². The van der Waals surface area contributed by atoms with Gasteiger partial charge in [-0.1, -0.05) is 17.7 Å². The van der Waals surface area contributed by atoms with Gasteiger partial charge < -0.3 is 15.3 Å². The Morgan fingerprint density at radius 3 is 2.81 bits per heavy atom. The molecule has 1 saturated heterocycles. The van der Waals surface area contributed by atoms with Gasteiger partial charge in [-0.2, -0.15) is 13.2 Å². The Morgan fingerprint density at radius 2 is 2.19 bits per heavy atom. The molecule has 0 spiro atoms. The number of urea groups is 1. The Labute approximate surface area is 124 Å². The Kier molecular flexibility index (Phi) is 4.63. The number of nitrogens with zero attached hydrogens (tertiary/aromatic N) is 1. The summed E-state index contributed by atoms with van der Waals surface area (Å²) in [5.41, 5.74) is 0.389. The van der Waals surface area contributed by atoms with E-state index in [1.54, 1.807) is 18.2 Å². The maximum absolute atomic E-state index is 12.6. The van der Waals surface area contributed by atoms with Gasteiger partial charge in [-0.25, -0.2) is 4.79 Å². The van der Waals surface area contributed by atoms with Crippen molar-refractivity contribution in [2.24, 2.45) is 0 Å². The molecule has 116 valence electrons. The van der Waals surface area contributed by atoms with Crippen molar-refractivity contribution in [3.05, 3.63) is 29.3 Å². The minimum Gasteiger partial charge on any atom is -0.382 e. The van der Waals surface area contributed by atoms with Crippen LogP contribution in [0, 0.1) is 0 Å². The highest BCUT2D eigenvalue weighted by Crippen LogP contribution is 2.31. The van der Waals surface area contributed by atoms with E-state index < -0.39 is 24.4 Å². The van der Waals surface area contributed by atoms with E-state index in [9.17, 15) is 23.1 Å². The fourth-order valence-corrected chi connectivity index (χ4v) is 2.54. The number of rotatable bonds is 2.